The van der Waals surface area contributed by atoms with Crippen LogP contribution in [0, 0.1) is 0 Å². The zero-order valence-electron chi connectivity index (χ0n) is 26.2. The molecule has 0 bridgehead atoms. The Morgan fingerprint density at radius 1 is 0.429 bits per heavy atom. The summed E-state index contributed by atoms with van der Waals surface area (Å²) in [6, 6.07) is 57.7. The Kier molecular flexibility index (Phi) is 6.32. The molecular formula is C44H27N3OS. The van der Waals surface area contributed by atoms with Gasteiger partial charge in [-0.05, 0) is 76.3 Å². The van der Waals surface area contributed by atoms with Crippen LogP contribution in [0.15, 0.2) is 168 Å². The van der Waals surface area contributed by atoms with Crippen molar-refractivity contribution >= 4 is 55.3 Å². The maximum Gasteiger partial charge on any atom is 0.173 e. The van der Waals surface area contributed by atoms with Gasteiger partial charge in [0.05, 0.1) is 11.0 Å². The number of rotatable bonds is 5. The lowest BCUT2D eigenvalue weighted by Gasteiger charge is -2.10. The highest BCUT2D eigenvalue weighted by Crippen LogP contribution is 2.38. The number of fused-ring (bicyclic) bond motifs is 6. The van der Waals surface area contributed by atoms with Crippen LogP contribution in [-0.4, -0.2) is 13.9 Å². The first kappa shape index (κ1) is 27.8. The molecule has 49 heavy (non-hydrogen) atoms. The van der Waals surface area contributed by atoms with E-state index in [4.69, 9.17) is 13.8 Å². The number of hydrogen-bond donors (Lipinski definition) is 0. The second-order valence-corrected chi connectivity index (χ2v) is 13.1. The number of para-hydroxylation sites is 2. The molecule has 230 valence electrons. The van der Waals surface area contributed by atoms with Crippen LogP contribution in [-0.2, 0) is 0 Å². The summed E-state index contributed by atoms with van der Waals surface area (Å²) in [4.78, 5) is 4.98. The Balaban J connectivity index is 1.05. The lowest BCUT2D eigenvalue weighted by atomic mass is 10.0. The molecule has 0 saturated heterocycles. The van der Waals surface area contributed by atoms with Crippen molar-refractivity contribution in [2.45, 2.75) is 0 Å². The van der Waals surface area contributed by atoms with Gasteiger partial charge in [0.2, 0.25) is 0 Å². The number of nitrogens with zero attached hydrogens (tertiary/aromatic N) is 3. The number of aromatic nitrogens is 3. The van der Waals surface area contributed by atoms with E-state index in [2.05, 4.69) is 150 Å². The standard InChI is InChI=1S/C44H27N3OS/c1-2-9-28(10-3-1)29-17-19-30(20-18-29)43-45-44(49-46-43)33-11-8-12-34(25-33)47-39-15-6-4-13-35(39)36-23-21-31(26-40(36)47)32-22-24-38-37-14-5-7-16-41(37)48-42(38)27-32/h1-27H. The van der Waals surface area contributed by atoms with E-state index in [-0.39, 0.29) is 0 Å². The summed E-state index contributed by atoms with van der Waals surface area (Å²) in [7, 11) is 0. The third kappa shape index (κ3) is 4.66. The second-order valence-electron chi connectivity index (χ2n) is 12.3. The minimum atomic E-state index is 0.743. The SMILES string of the molecule is c1ccc(-c2ccc(-c3nsc(-c4cccc(-n5c6ccccc6c6ccc(-c7ccc8c(c7)oc7ccccc78)cc65)c4)n3)cc2)cc1. The quantitative estimate of drug-likeness (QED) is 0.187. The molecule has 0 atom stereocenters. The highest BCUT2D eigenvalue weighted by Gasteiger charge is 2.16. The van der Waals surface area contributed by atoms with Gasteiger partial charge in [-0.25, -0.2) is 4.98 Å². The Labute approximate surface area is 286 Å². The molecule has 0 aliphatic rings. The fourth-order valence-electron chi connectivity index (χ4n) is 7.01. The van der Waals surface area contributed by atoms with Crippen molar-refractivity contribution in [1.82, 2.24) is 13.9 Å². The molecule has 0 spiro atoms. The Morgan fingerprint density at radius 3 is 1.94 bits per heavy atom. The second kappa shape index (κ2) is 11.2. The topological polar surface area (TPSA) is 43.9 Å². The monoisotopic (exact) mass is 645 g/mol. The summed E-state index contributed by atoms with van der Waals surface area (Å²) in [5.74, 6) is 0.743. The predicted molar refractivity (Wildman–Crippen MR) is 203 cm³/mol. The lowest BCUT2D eigenvalue weighted by molar-refractivity contribution is 0.669. The molecule has 4 nitrogen and oxygen atoms in total. The predicted octanol–water partition coefficient (Wildman–Crippen LogP) is 12.2. The van der Waals surface area contributed by atoms with Gasteiger partial charge in [-0.15, -0.1) is 0 Å². The van der Waals surface area contributed by atoms with Gasteiger partial charge in [-0.3, -0.25) is 0 Å². The van der Waals surface area contributed by atoms with Crippen molar-refractivity contribution in [3.63, 3.8) is 0 Å². The molecule has 0 amide bonds. The molecule has 7 aromatic carbocycles. The van der Waals surface area contributed by atoms with E-state index in [1.165, 1.54) is 33.4 Å². The molecule has 0 aliphatic heterocycles. The molecule has 0 N–H and O–H groups in total. The molecule has 0 radical (unpaired) electrons. The van der Waals surface area contributed by atoms with Crippen LogP contribution in [0.3, 0.4) is 0 Å². The fraction of sp³-hybridized carbons (Fsp3) is 0. The molecule has 0 fully saturated rings. The third-order valence-electron chi connectivity index (χ3n) is 9.41. The van der Waals surface area contributed by atoms with Crippen LogP contribution < -0.4 is 0 Å². The van der Waals surface area contributed by atoms with E-state index in [1.807, 2.05) is 18.2 Å². The summed E-state index contributed by atoms with van der Waals surface area (Å²) in [5.41, 5.74) is 11.9. The minimum absolute atomic E-state index is 0.743. The molecule has 0 aliphatic carbocycles. The maximum atomic E-state index is 6.24. The fourth-order valence-corrected chi connectivity index (χ4v) is 7.69. The molecule has 3 aromatic heterocycles. The molecule has 10 rings (SSSR count). The lowest BCUT2D eigenvalue weighted by Crippen LogP contribution is -1.94. The van der Waals surface area contributed by atoms with Gasteiger partial charge in [-0.2, -0.15) is 4.37 Å². The van der Waals surface area contributed by atoms with Gasteiger partial charge < -0.3 is 8.98 Å². The van der Waals surface area contributed by atoms with E-state index >= 15 is 0 Å². The zero-order chi connectivity index (χ0) is 32.3. The van der Waals surface area contributed by atoms with Gasteiger partial charge in [0.1, 0.15) is 16.2 Å². The van der Waals surface area contributed by atoms with Crippen molar-refractivity contribution in [2.24, 2.45) is 0 Å². The molecule has 0 saturated carbocycles. The minimum Gasteiger partial charge on any atom is -0.456 e. The van der Waals surface area contributed by atoms with E-state index in [0.29, 0.717) is 0 Å². The first-order chi connectivity index (χ1) is 24.3. The van der Waals surface area contributed by atoms with Crippen LogP contribution >= 0.6 is 11.5 Å². The Hall–Kier alpha value is -6.30. The van der Waals surface area contributed by atoms with Crippen molar-refractivity contribution in [3.8, 4) is 49.9 Å². The summed E-state index contributed by atoms with van der Waals surface area (Å²) in [6.07, 6.45) is 0. The first-order valence-corrected chi connectivity index (χ1v) is 17.1. The van der Waals surface area contributed by atoms with Gasteiger partial charge in [0.15, 0.2) is 5.82 Å². The Morgan fingerprint density at radius 2 is 1.06 bits per heavy atom. The van der Waals surface area contributed by atoms with Crippen LogP contribution in [0.4, 0.5) is 0 Å². The molecule has 5 heteroatoms. The van der Waals surface area contributed by atoms with Gasteiger partial charge in [-0.1, -0.05) is 121 Å². The normalized spacial score (nSPS) is 11.7. The number of hydrogen-bond acceptors (Lipinski definition) is 4. The van der Waals surface area contributed by atoms with Crippen molar-refractivity contribution in [1.29, 1.82) is 0 Å². The van der Waals surface area contributed by atoms with E-state index in [0.717, 1.165) is 71.7 Å². The van der Waals surface area contributed by atoms with Crippen molar-refractivity contribution in [2.75, 3.05) is 0 Å². The maximum absolute atomic E-state index is 6.24. The Bertz CT molecular complexity index is 2830. The third-order valence-corrected chi connectivity index (χ3v) is 10.2. The zero-order valence-corrected chi connectivity index (χ0v) is 27.1. The van der Waals surface area contributed by atoms with Gasteiger partial charge in [0, 0.05) is 38.4 Å². The molecular weight excluding hydrogens is 619 g/mol. The van der Waals surface area contributed by atoms with Crippen LogP contribution in [0.2, 0.25) is 0 Å². The largest absolute Gasteiger partial charge is 0.456 e. The summed E-state index contributed by atoms with van der Waals surface area (Å²) >= 11 is 1.43. The first-order valence-electron chi connectivity index (χ1n) is 16.3. The highest BCUT2D eigenvalue weighted by atomic mass is 32.1. The van der Waals surface area contributed by atoms with Crippen LogP contribution in [0.1, 0.15) is 0 Å². The van der Waals surface area contributed by atoms with Crippen molar-refractivity contribution < 1.29 is 4.42 Å². The molecule has 3 heterocycles. The van der Waals surface area contributed by atoms with E-state index in [9.17, 15) is 0 Å². The average Bonchev–Trinajstić information content (AvgIpc) is 3.89. The molecule has 0 unspecified atom stereocenters. The summed E-state index contributed by atoms with van der Waals surface area (Å²) in [5, 5.41) is 5.61. The van der Waals surface area contributed by atoms with Gasteiger partial charge in [0.25, 0.3) is 0 Å². The average molecular weight is 646 g/mol. The van der Waals surface area contributed by atoms with E-state index in [1.54, 1.807) is 0 Å². The van der Waals surface area contributed by atoms with Crippen LogP contribution in [0.25, 0.3) is 93.6 Å². The highest BCUT2D eigenvalue weighted by molar-refractivity contribution is 7.09. The number of furan rings is 1. The van der Waals surface area contributed by atoms with E-state index < -0.39 is 0 Å². The van der Waals surface area contributed by atoms with Crippen LogP contribution in [0.5, 0.6) is 0 Å². The van der Waals surface area contributed by atoms with Gasteiger partial charge >= 0.3 is 0 Å². The van der Waals surface area contributed by atoms with Crippen molar-refractivity contribution in [3.05, 3.63) is 164 Å². The smallest absolute Gasteiger partial charge is 0.173 e. The number of benzene rings is 7. The summed E-state index contributed by atoms with van der Waals surface area (Å²) in [6.45, 7) is 0. The summed E-state index contributed by atoms with van der Waals surface area (Å²) < 4.78 is 13.4. The molecule has 10 aromatic rings.